The van der Waals surface area contributed by atoms with Gasteiger partial charge in [-0.25, -0.2) is 0 Å². The van der Waals surface area contributed by atoms with Crippen LogP contribution in [-0.2, 0) is 10.2 Å². The zero-order chi connectivity index (χ0) is 18.3. The Bertz CT molecular complexity index is 720. The van der Waals surface area contributed by atoms with Gasteiger partial charge in [-0.05, 0) is 71.2 Å². The van der Waals surface area contributed by atoms with E-state index in [1.807, 2.05) is 0 Å². The van der Waals surface area contributed by atoms with Crippen LogP contribution in [0.5, 0.6) is 0 Å². The predicted molar refractivity (Wildman–Crippen MR) is 108 cm³/mol. The molecule has 1 saturated heterocycles. The van der Waals surface area contributed by atoms with Crippen LogP contribution in [0.15, 0.2) is 29.8 Å². The number of likely N-dealkylation sites (tertiary alicyclic amines) is 1. The highest BCUT2D eigenvalue weighted by Crippen LogP contribution is 2.48. The molecule has 1 saturated carbocycles. The smallest absolute Gasteiger partial charge is 0.230 e. The molecule has 26 heavy (non-hydrogen) atoms. The Labute approximate surface area is 158 Å². The third-order valence-electron chi connectivity index (χ3n) is 6.77. The fraction of sp³-hybridized carbons (Fsp3) is 0.609. The molecule has 0 N–H and O–H groups in total. The van der Waals surface area contributed by atoms with Crippen LogP contribution < -0.4 is 4.90 Å². The summed E-state index contributed by atoms with van der Waals surface area (Å²) in [6.45, 7) is 10.7. The van der Waals surface area contributed by atoms with Crippen molar-refractivity contribution in [2.24, 2.45) is 5.92 Å². The lowest BCUT2D eigenvalue weighted by molar-refractivity contribution is -0.124. The molecule has 1 amide bonds. The summed E-state index contributed by atoms with van der Waals surface area (Å²) in [6, 6.07) is 6.73. The zero-order valence-corrected chi connectivity index (χ0v) is 16.6. The molecule has 1 aromatic carbocycles. The van der Waals surface area contributed by atoms with Gasteiger partial charge in [0, 0.05) is 30.1 Å². The van der Waals surface area contributed by atoms with Crippen molar-refractivity contribution in [2.75, 3.05) is 31.1 Å². The average Bonchev–Trinajstić information content (AvgIpc) is 2.87. The first-order valence-corrected chi connectivity index (χ1v) is 10.3. The SMILES string of the molecule is CC(C)=CCN1CCC2(CC1)CN(C(=O)C1CCC1)c1ccc(C)cc12. The molecule has 0 bridgehead atoms. The molecular weight excluding hydrogens is 320 g/mol. The molecule has 0 radical (unpaired) electrons. The lowest BCUT2D eigenvalue weighted by Gasteiger charge is -2.40. The van der Waals surface area contributed by atoms with Crippen LogP contribution in [0.4, 0.5) is 5.69 Å². The van der Waals surface area contributed by atoms with Crippen molar-refractivity contribution < 1.29 is 4.79 Å². The molecule has 3 aliphatic rings. The van der Waals surface area contributed by atoms with Crippen LogP contribution in [0.1, 0.15) is 57.1 Å². The fourth-order valence-corrected chi connectivity index (χ4v) is 4.76. The van der Waals surface area contributed by atoms with Crippen molar-refractivity contribution in [3.8, 4) is 0 Å². The molecule has 3 nitrogen and oxygen atoms in total. The molecule has 2 heterocycles. The summed E-state index contributed by atoms with van der Waals surface area (Å²) in [7, 11) is 0. The number of nitrogens with zero attached hydrogens (tertiary/aromatic N) is 2. The Kier molecular flexibility index (Phi) is 4.68. The van der Waals surface area contributed by atoms with Gasteiger partial charge >= 0.3 is 0 Å². The van der Waals surface area contributed by atoms with Gasteiger partial charge in [0.1, 0.15) is 0 Å². The van der Waals surface area contributed by atoms with Gasteiger partial charge in [-0.2, -0.15) is 0 Å². The number of benzene rings is 1. The van der Waals surface area contributed by atoms with Gasteiger partial charge in [-0.15, -0.1) is 0 Å². The van der Waals surface area contributed by atoms with E-state index in [1.165, 1.54) is 28.8 Å². The van der Waals surface area contributed by atoms with Crippen molar-refractivity contribution in [1.82, 2.24) is 4.90 Å². The van der Waals surface area contributed by atoms with E-state index in [0.717, 1.165) is 51.9 Å². The number of allylic oxidation sites excluding steroid dienone is 1. The van der Waals surface area contributed by atoms with Gasteiger partial charge < -0.3 is 4.90 Å². The van der Waals surface area contributed by atoms with E-state index < -0.39 is 0 Å². The summed E-state index contributed by atoms with van der Waals surface area (Å²) in [5, 5.41) is 0. The van der Waals surface area contributed by atoms with Crippen LogP contribution >= 0.6 is 0 Å². The topological polar surface area (TPSA) is 23.6 Å². The van der Waals surface area contributed by atoms with E-state index in [1.54, 1.807) is 0 Å². The zero-order valence-electron chi connectivity index (χ0n) is 16.6. The first-order valence-electron chi connectivity index (χ1n) is 10.3. The highest BCUT2D eigenvalue weighted by Gasteiger charge is 2.47. The summed E-state index contributed by atoms with van der Waals surface area (Å²) >= 11 is 0. The van der Waals surface area contributed by atoms with Gasteiger partial charge in [0.25, 0.3) is 0 Å². The number of carbonyl (C=O) groups is 1. The highest BCUT2D eigenvalue weighted by molar-refractivity contribution is 5.98. The number of carbonyl (C=O) groups excluding carboxylic acids is 1. The van der Waals surface area contributed by atoms with Crippen molar-refractivity contribution in [3.63, 3.8) is 0 Å². The third-order valence-corrected chi connectivity index (χ3v) is 6.77. The molecule has 140 valence electrons. The second-order valence-electron chi connectivity index (χ2n) is 8.94. The Morgan fingerprint density at radius 1 is 1.23 bits per heavy atom. The third kappa shape index (κ3) is 3.11. The number of aryl methyl sites for hydroxylation is 1. The lowest BCUT2D eigenvalue weighted by atomic mass is 9.74. The quantitative estimate of drug-likeness (QED) is 0.751. The Morgan fingerprint density at radius 2 is 1.96 bits per heavy atom. The predicted octanol–water partition coefficient (Wildman–Crippen LogP) is 4.44. The number of fused-ring (bicyclic) bond motifs is 2. The van der Waals surface area contributed by atoms with Crippen LogP contribution in [0, 0.1) is 12.8 Å². The summed E-state index contributed by atoms with van der Waals surface area (Å²) in [5.74, 6) is 0.655. The second-order valence-corrected chi connectivity index (χ2v) is 8.94. The van der Waals surface area contributed by atoms with Crippen LogP contribution in [0.25, 0.3) is 0 Å². The maximum Gasteiger partial charge on any atom is 0.230 e. The van der Waals surface area contributed by atoms with E-state index in [-0.39, 0.29) is 11.3 Å². The second kappa shape index (κ2) is 6.84. The maximum atomic E-state index is 13.1. The summed E-state index contributed by atoms with van der Waals surface area (Å²) in [5.41, 5.74) is 5.51. The first kappa shape index (κ1) is 17.8. The van der Waals surface area contributed by atoms with E-state index in [0.29, 0.717) is 5.91 Å². The minimum Gasteiger partial charge on any atom is -0.311 e. The Balaban J connectivity index is 1.57. The standard InChI is InChI=1S/C23H32N2O/c1-17(2)9-12-24-13-10-23(11-14-24)16-25(22(26)19-5-4-6-19)21-8-7-18(3)15-20(21)23/h7-9,15,19H,4-6,10-14,16H2,1-3H3. The lowest BCUT2D eigenvalue weighted by Crippen LogP contribution is -2.47. The van der Waals surface area contributed by atoms with Gasteiger partial charge in [0.2, 0.25) is 5.91 Å². The number of rotatable bonds is 3. The molecule has 2 aliphatic heterocycles. The number of hydrogen-bond donors (Lipinski definition) is 0. The summed E-state index contributed by atoms with van der Waals surface area (Å²) in [4.78, 5) is 17.8. The number of hydrogen-bond acceptors (Lipinski definition) is 2. The van der Waals surface area contributed by atoms with Gasteiger partial charge in [0.15, 0.2) is 0 Å². The molecule has 3 heteroatoms. The van der Waals surface area contributed by atoms with E-state index >= 15 is 0 Å². The average molecular weight is 353 g/mol. The molecule has 0 aromatic heterocycles. The molecule has 2 fully saturated rings. The van der Waals surface area contributed by atoms with Gasteiger partial charge in [0.05, 0.1) is 0 Å². The number of amides is 1. The number of piperidine rings is 1. The molecule has 0 atom stereocenters. The Hall–Kier alpha value is -1.61. The van der Waals surface area contributed by atoms with E-state index in [4.69, 9.17) is 0 Å². The largest absolute Gasteiger partial charge is 0.311 e. The number of anilines is 1. The maximum absolute atomic E-state index is 13.1. The minimum atomic E-state index is 0.169. The van der Waals surface area contributed by atoms with Crippen molar-refractivity contribution in [1.29, 1.82) is 0 Å². The van der Waals surface area contributed by atoms with Crippen molar-refractivity contribution >= 4 is 11.6 Å². The van der Waals surface area contributed by atoms with Gasteiger partial charge in [-0.3, -0.25) is 9.69 Å². The summed E-state index contributed by atoms with van der Waals surface area (Å²) < 4.78 is 0. The minimum absolute atomic E-state index is 0.169. The fourth-order valence-electron chi connectivity index (χ4n) is 4.76. The molecule has 1 aliphatic carbocycles. The van der Waals surface area contributed by atoms with Crippen molar-refractivity contribution in [3.05, 3.63) is 41.0 Å². The van der Waals surface area contributed by atoms with E-state index in [9.17, 15) is 4.79 Å². The molecule has 0 unspecified atom stereocenters. The Morgan fingerprint density at radius 3 is 2.58 bits per heavy atom. The normalized spacial score (nSPS) is 22.2. The van der Waals surface area contributed by atoms with E-state index in [2.05, 4.69) is 54.8 Å². The monoisotopic (exact) mass is 352 g/mol. The summed E-state index contributed by atoms with van der Waals surface area (Å²) in [6.07, 6.45) is 8.04. The van der Waals surface area contributed by atoms with Crippen LogP contribution in [-0.4, -0.2) is 37.0 Å². The molecular formula is C23H32N2O. The van der Waals surface area contributed by atoms with Crippen molar-refractivity contribution in [2.45, 2.75) is 58.3 Å². The first-order chi connectivity index (χ1) is 12.5. The van der Waals surface area contributed by atoms with Crippen LogP contribution in [0.3, 0.4) is 0 Å². The molecule has 4 rings (SSSR count). The van der Waals surface area contributed by atoms with Crippen LogP contribution in [0.2, 0.25) is 0 Å². The highest BCUT2D eigenvalue weighted by atomic mass is 16.2. The molecule has 1 aromatic rings. The van der Waals surface area contributed by atoms with Gasteiger partial charge in [-0.1, -0.05) is 35.8 Å². The molecule has 1 spiro atoms.